The molecule has 0 bridgehead atoms. The normalized spacial score (nSPS) is 37.1. The summed E-state index contributed by atoms with van der Waals surface area (Å²) in [5, 5.41) is 6.13. The van der Waals surface area contributed by atoms with E-state index in [0.29, 0.717) is 23.7 Å². The molecule has 4 heteroatoms. The fourth-order valence-corrected chi connectivity index (χ4v) is 5.85. The molecule has 0 heterocycles. The lowest BCUT2D eigenvalue weighted by atomic mass is 10.0. The van der Waals surface area contributed by atoms with E-state index < -0.39 is 0 Å². The Hall–Kier alpha value is -1.84. The summed E-state index contributed by atoms with van der Waals surface area (Å²) in [4.78, 5) is 24.9. The Labute approximate surface area is 155 Å². The van der Waals surface area contributed by atoms with E-state index in [1.165, 1.54) is 51.4 Å². The molecule has 4 aliphatic rings. The maximum atomic E-state index is 12.5. The summed E-state index contributed by atoms with van der Waals surface area (Å²) in [5.74, 6) is 3.34. The van der Waals surface area contributed by atoms with Crippen LogP contribution in [-0.2, 0) is 9.59 Å². The molecule has 1 aromatic carbocycles. The van der Waals surface area contributed by atoms with Gasteiger partial charge in [0.15, 0.2) is 0 Å². The first kappa shape index (κ1) is 16.3. The molecule has 0 radical (unpaired) electrons. The van der Waals surface area contributed by atoms with Gasteiger partial charge in [0.2, 0.25) is 11.8 Å². The monoisotopic (exact) mass is 352 g/mol. The highest BCUT2D eigenvalue weighted by atomic mass is 16.2. The van der Waals surface area contributed by atoms with Gasteiger partial charge in [-0.2, -0.15) is 0 Å². The van der Waals surface area contributed by atoms with Crippen molar-refractivity contribution in [1.29, 1.82) is 0 Å². The van der Waals surface area contributed by atoms with E-state index in [9.17, 15) is 9.59 Å². The van der Waals surface area contributed by atoms with Gasteiger partial charge in [-0.15, -0.1) is 0 Å². The molecule has 2 amide bonds. The highest BCUT2D eigenvalue weighted by molar-refractivity contribution is 5.96. The molecule has 4 saturated carbocycles. The third-order valence-electron chi connectivity index (χ3n) is 7.34. The Morgan fingerprint density at radius 1 is 0.615 bits per heavy atom. The quantitative estimate of drug-likeness (QED) is 0.842. The van der Waals surface area contributed by atoms with Crippen LogP contribution >= 0.6 is 0 Å². The van der Waals surface area contributed by atoms with Crippen LogP contribution in [0, 0.1) is 35.5 Å². The number of carbonyl (C=O) groups is 2. The largest absolute Gasteiger partial charge is 0.326 e. The predicted octanol–water partition coefficient (Wildman–Crippen LogP) is 4.44. The molecular weight excluding hydrogens is 324 g/mol. The number of fused-ring (bicyclic) bond motifs is 2. The standard InChI is InChI=1S/C22H28N2O2/c25-21(19-15-5-1-2-6-16(15)19)23-13-9-11-14(12-10-13)24-22(26)20-17-7-3-4-8-18(17)20/h9-12,15-20H,1-8H2,(H,23,25)(H,24,26)/t15-,16-,17-,18-/m0/s1. The Kier molecular flexibility index (Phi) is 4.02. The van der Waals surface area contributed by atoms with Crippen molar-refractivity contribution in [2.45, 2.75) is 51.4 Å². The molecule has 4 atom stereocenters. The maximum Gasteiger partial charge on any atom is 0.228 e. The van der Waals surface area contributed by atoms with Gasteiger partial charge in [0.25, 0.3) is 0 Å². The van der Waals surface area contributed by atoms with E-state index in [1.54, 1.807) is 0 Å². The van der Waals surface area contributed by atoms with E-state index in [4.69, 9.17) is 0 Å². The third kappa shape index (κ3) is 2.93. The molecule has 2 N–H and O–H groups in total. The molecular formula is C22H28N2O2. The molecule has 0 aromatic heterocycles. The molecule has 0 aliphatic heterocycles. The molecule has 4 aliphatic carbocycles. The number of hydrogen-bond donors (Lipinski definition) is 2. The zero-order chi connectivity index (χ0) is 17.7. The minimum Gasteiger partial charge on any atom is -0.326 e. The Morgan fingerprint density at radius 3 is 1.23 bits per heavy atom. The minimum absolute atomic E-state index is 0.181. The summed E-state index contributed by atoms with van der Waals surface area (Å²) >= 11 is 0. The van der Waals surface area contributed by atoms with Gasteiger partial charge in [0.05, 0.1) is 0 Å². The summed E-state index contributed by atoms with van der Waals surface area (Å²) in [6.45, 7) is 0. The van der Waals surface area contributed by atoms with Crippen molar-refractivity contribution in [3.05, 3.63) is 24.3 Å². The summed E-state index contributed by atoms with van der Waals surface area (Å²) in [5.41, 5.74) is 1.66. The van der Waals surface area contributed by atoms with Crippen molar-refractivity contribution in [2.24, 2.45) is 35.5 Å². The summed E-state index contributed by atoms with van der Waals surface area (Å²) in [7, 11) is 0. The minimum atomic E-state index is 0.181. The summed E-state index contributed by atoms with van der Waals surface area (Å²) < 4.78 is 0. The molecule has 1 aromatic rings. The van der Waals surface area contributed by atoms with Crippen molar-refractivity contribution >= 4 is 23.2 Å². The van der Waals surface area contributed by atoms with Crippen LogP contribution < -0.4 is 10.6 Å². The maximum absolute atomic E-state index is 12.5. The fourth-order valence-electron chi connectivity index (χ4n) is 5.85. The van der Waals surface area contributed by atoms with Crippen LogP contribution in [0.4, 0.5) is 11.4 Å². The van der Waals surface area contributed by atoms with Gasteiger partial charge in [0.1, 0.15) is 0 Å². The van der Waals surface area contributed by atoms with E-state index in [0.717, 1.165) is 11.4 Å². The fraction of sp³-hybridized carbons (Fsp3) is 0.636. The molecule has 4 nitrogen and oxygen atoms in total. The first-order valence-electron chi connectivity index (χ1n) is 10.4. The average molecular weight is 352 g/mol. The number of benzene rings is 1. The second-order valence-corrected chi connectivity index (χ2v) is 8.83. The average Bonchev–Trinajstić information content (AvgIpc) is 3.55. The third-order valence-corrected chi connectivity index (χ3v) is 7.34. The van der Waals surface area contributed by atoms with Crippen LogP contribution in [0.15, 0.2) is 24.3 Å². The molecule has 0 spiro atoms. The van der Waals surface area contributed by atoms with Gasteiger partial charge >= 0.3 is 0 Å². The second-order valence-electron chi connectivity index (χ2n) is 8.83. The lowest BCUT2D eigenvalue weighted by Gasteiger charge is -2.08. The molecule has 138 valence electrons. The number of rotatable bonds is 4. The SMILES string of the molecule is O=C(Nc1ccc(NC(=O)C2[C@H]3CCCC[C@H]23)cc1)C1[C@H]2CCCC[C@H]12. The van der Waals surface area contributed by atoms with Crippen LogP contribution in [0.1, 0.15) is 51.4 Å². The highest BCUT2D eigenvalue weighted by Gasteiger charge is 2.55. The molecule has 0 unspecified atom stereocenters. The molecule has 26 heavy (non-hydrogen) atoms. The Balaban J connectivity index is 1.15. The highest BCUT2D eigenvalue weighted by Crippen LogP contribution is 2.56. The van der Waals surface area contributed by atoms with E-state index in [-0.39, 0.29) is 23.7 Å². The predicted molar refractivity (Wildman–Crippen MR) is 102 cm³/mol. The van der Waals surface area contributed by atoms with Crippen LogP contribution in [-0.4, -0.2) is 11.8 Å². The van der Waals surface area contributed by atoms with Crippen LogP contribution in [0.3, 0.4) is 0 Å². The Morgan fingerprint density at radius 2 is 0.923 bits per heavy atom. The van der Waals surface area contributed by atoms with Crippen molar-refractivity contribution < 1.29 is 9.59 Å². The van der Waals surface area contributed by atoms with Crippen molar-refractivity contribution in [2.75, 3.05) is 10.6 Å². The number of hydrogen-bond acceptors (Lipinski definition) is 2. The topological polar surface area (TPSA) is 58.2 Å². The van der Waals surface area contributed by atoms with Crippen LogP contribution in [0.25, 0.3) is 0 Å². The van der Waals surface area contributed by atoms with E-state index in [1.807, 2.05) is 24.3 Å². The van der Waals surface area contributed by atoms with Gasteiger partial charge in [-0.25, -0.2) is 0 Å². The van der Waals surface area contributed by atoms with E-state index in [2.05, 4.69) is 10.6 Å². The summed E-state index contributed by atoms with van der Waals surface area (Å²) in [6.07, 6.45) is 10.00. The smallest absolute Gasteiger partial charge is 0.228 e. The van der Waals surface area contributed by atoms with Gasteiger partial charge in [-0.05, 0) is 73.6 Å². The number of anilines is 2. The Bertz CT molecular complexity index is 628. The lowest BCUT2D eigenvalue weighted by Crippen LogP contribution is -2.16. The zero-order valence-corrected chi connectivity index (χ0v) is 15.2. The van der Waals surface area contributed by atoms with Gasteiger partial charge in [0, 0.05) is 23.2 Å². The molecule has 5 rings (SSSR count). The van der Waals surface area contributed by atoms with Crippen LogP contribution in [0.5, 0.6) is 0 Å². The summed E-state index contributed by atoms with van der Waals surface area (Å²) in [6, 6.07) is 7.61. The zero-order valence-electron chi connectivity index (χ0n) is 15.2. The van der Waals surface area contributed by atoms with Gasteiger partial charge in [-0.1, -0.05) is 25.7 Å². The molecule has 0 saturated heterocycles. The van der Waals surface area contributed by atoms with E-state index >= 15 is 0 Å². The molecule has 4 fully saturated rings. The number of nitrogens with one attached hydrogen (secondary N) is 2. The van der Waals surface area contributed by atoms with Gasteiger partial charge in [-0.3, -0.25) is 9.59 Å². The first-order valence-corrected chi connectivity index (χ1v) is 10.4. The lowest BCUT2D eigenvalue weighted by molar-refractivity contribution is -0.118. The first-order chi connectivity index (χ1) is 12.7. The number of amides is 2. The van der Waals surface area contributed by atoms with Crippen molar-refractivity contribution in [3.8, 4) is 0 Å². The van der Waals surface area contributed by atoms with Crippen LogP contribution in [0.2, 0.25) is 0 Å². The number of carbonyl (C=O) groups excluding carboxylic acids is 2. The second kappa shape index (κ2) is 6.40. The van der Waals surface area contributed by atoms with Gasteiger partial charge < -0.3 is 10.6 Å². The van der Waals surface area contributed by atoms with Crippen molar-refractivity contribution in [3.63, 3.8) is 0 Å². The van der Waals surface area contributed by atoms with Crippen molar-refractivity contribution in [1.82, 2.24) is 0 Å².